The fourth-order valence-corrected chi connectivity index (χ4v) is 0.730. The quantitative estimate of drug-likeness (QED) is 0.582. The lowest BCUT2D eigenvalue weighted by atomic mass is 10.2. The maximum Gasteiger partial charge on any atom is 0.174 e. The molecule has 60 valence electrons. The zero-order valence-corrected chi connectivity index (χ0v) is 6.72. The van der Waals surface area contributed by atoms with E-state index in [1.807, 2.05) is 13.8 Å². The summed E-state index contributed by atoms with van der Waals surface area (Å²) in [7, 11) is 0. The first-order valence-corrected chi connectivity index (χ1v) is 3.47. The van der Waals surface area contributed by atoms with E-state index in [4.69, 9.17) is 5.11 Å². The van der Waals surface area contributed by atoms with E-state index < -0.39 is 0 Å². The molecule has 0 amide bonds. The van der Waals surface area contributed by atoms with Crippen LogP contribution in [0.1, 0.15) is 20.8 Å². The smallest absolute Gasteiger partial charge is 0.174 e. The first kappa shape index (κ1) is 9.59. The van der Waals surface area contributed by atoms with E-state index in [-0.39, 0.29) is 24.5 Å². The zero-order chi connectivity index (χ0) is 8.15. The minimum absolute atomic E-state index is 0.159. The minimum Gasteiger partial charge on any atom is -0.389 e. The normalized spacial score (nSPS) is 13.7. The third-order valence-electron chi connectivity index (χ3n) is 1.22. The number of hydrogen-bond donors (Lipinski definition) is 2. The molecule has 0 aliphatic heterocycles. The second-order valence-electron chi connectivity index (χ2n) is 2.67. The average molecular weight is 145 g/mol. The van der Waals surface area contributed by atoms with Gasteiger partial charge in [0, 0.05) is 6.04 Å². The molecule has 0 aromatic rings. The second-order valence-corrected chi connectivity index (χ2v) is 2.67. The molecule has 0 unspecified atom stereocenters. The summed E-state index contributed by atoms with van der Waals surface area (Å²) in [6.07, 6.45) is 0. The van der Waals surface area contributed by atoms with E-state index in [9.17, 15) is 4.79 Å². The molecule has 0 saturated carbocycles. The maximum atomic E-state index is 10.7. The summed E-state index contributed by atoms with van der Waals surface area (Å²) in [5, 5.41) is 11.4. The van der Waals surface area contributed by atoms with Crippen molar-refractivity contribution in [1.82, 2.24) is 5.32 Å². The molecule has 1 atom stereocenters. The number of Topliss-reactive ketones (excluding diaryl/α,β-unsaturated/α-hetero) is 1. The number of carbonyl (C=O) groups is 1. The predicted molar refractivity (Wildman–Crippen MR) is 39.8 cm³/mol. The molecular weight excluding hydrogens is 130 g/mol. The summed E-state index contributed by atoms with van der Waals surface area (Å²) in [5.41, 5.74) is 0. The van der Waals surface area contributed by atoms with Gasteiger partial charge >= 0.3 is 0 Å². The highest BCUT2D eigenvalue weighted by Crippen LogP contribution is 1.86. The van der Waals surface area contributed by atoms with Gasteiger partial charge in [-0.25, -0.2) is 0 Å². The Labute approximate surface area is 61.4 Å². The van der Waals surface area contributed by atoms with E-state index in [0.717, 1.165) is 0 Å². The molecule has 10 heavy (non-hydrogen) atoms. The van der Waals surface area contributed by atoms with Crippen molar-refractivity contribution in [1.29, 1.82) is 0 Å². The molecule has 0 rings (SSSR count). The fraction of sp³-hybridized carbons (Fsp3) is 0.857. The van der Waals surface area contributed by atoms with Gasteiger partial charge < -0.3 is 10.4 Å². The van der Waals surface area contributed by atoms with Crippen molar-refractivity contribution in [2.75, 3.05) is 6.61 Å². The van der Waals surface area contributed by atoms with Crippen LogP contribution < -0.4 is 5.32 Å². The van der Waals surface area contributed by atoms with Crippen LogP contribution in [0.5, 0.6) is 0 Å². The van der Waals surface area contributed by atoms with Crippen LogP contribution in [-0.2, 0) is 4.79 Å². The lowest BCUT2D eigenvalue weighted by Crippen LogP contribution is -2.39. The van der Waals surface area contributed by atoms with Crippen LogP contribution in [-0.4, -0.2) is 29.6 Å². The molecule has 0 aliphatic carbocycles. The van der Waals surface area contributed by atoms with E-state index in [2.05, 4.69) is 5.32 Å². The Morgan fingerprint density at radius 1 is 1.50 bits per heavy atom. The molecule has 0 bridgehead atoms. The number of carbonyl (C=O) groups excluding carboxylic acids is 1. The van der Waals surface area contributed by atoms with Gasteiger partial charge in [-0.2, -0.15) is 0 Å². The Kier molecular flexibility index (Phi) is 4.23. The van der Waals surface area contributed by atoms with Crippen molar-refractivity contribution in [3.63, 3.8) is 0 Å². The SMILES string of the molecule is CC(C)N[C@@H](C)C(=O)CO. The van der Waals surface area contributed by atoms with E-state index in [0.29, 0.717) is 0 Å². The number of nitrogens with one attached hydrogen (secondary N) is 1. The van der Waals surface area contributed by atoms with Crippen LogP contribution in [0, 0.1) is 0 Å². The van der Waals surface area contributed by atoms with Crippen LogP contribution in [0.25, 0.3) is 0 Å². The van der Waals surface area contributed by atoms with E-state index >= 15 is 0 Å². The zero-order valence-electron chi connectivity index (χ0n) is 6.72. The van der Waals surface area contributed by atoms with Crippen molar-refractivity contribution < 1.29 is 9.90 Å². The van der Waals surface area contributed by atoms with Gasteiger partial charge in [-0.3, -0.25) is 4.79 Å². The van der Waals surface area contributed by atoms with Crippen molar-refractivity contribution >= 4 is 5.78 Å². The molecule has 3 nitrogen and oxygen atoms in total. The summed E-state index contributed by atoms with van der Waals surface area (Å²) < 4.78 is 0. The Morgan fingerprint density at radius 2 is 2.00 bits per heavy atom. The molecule has 0 aromatic heterocycles. The summed E-state index contributed by atoms with van der Waals surface area (Å²) in [6, 6.07) is 0.0514. The van der Waals surface area contributed by atoms with E-state index in [1.54, 1.807) is 6.92 Å². The van der Waals surface area contributed by atoms with Gasteiger partial charge in [-0.15, -0.1) is 0 Å². The van der Waals surface area contributed by atoms with Gasteiger partial charge in [0.15, 0.2) is 5.78 Å². The topological polar surface area (TPSA) is 49.3 Å². The Hall–Kier alpha value is -0.410. The lowest BCUT2D eigenvalue weighted by molar-refractivity contribution is -0.123. The Morgan fingerprint density at radius 3 is 2.30 bits per heavy atom. The largest absolute Gasteiger partial charge is 0.389 e. The van der Waals surface area contributed by atoms with Crippen molar-refractivity contribution in [2.45, 2.75) is 32.9 Å². The molecule has 0 fully saturated rings. The van der Waals surface area contributed by atoms with Crippen molar-refractivity contribution in [2.24, 2.45) is 0 Å². The Bertz CT molecular complexity index is 112. The maximum absolute atomic E-state index is 10.7. The van der Waals surface area contributed by atoms with Crippen LogP contribution in [0.15, 0.2) is 0 Å². The van der Waals surface area contributed by atoms with Crippen LogP contribution >= 0.6 is 0 Å². The molecule has 0 radical (unpaired) electrons. The molecule has 0 saturated heterocycles. The first-order valence-electron chi connectivity index (χ1n) is 3.47. The standard InChI is InChI=1S/C7H15NO2/c1-5(2)8-6(3)7(10)4-9/h5-6,8-9H,4H2,1-3H3/t6-/m0/s1. The van der Waals surface area contributed by atoms with Crippen LogP contribution in [0.3, 0.4) is 0 Å². The highest BCUT2D eigenvalue weighted by molar-refractivity contribution is 5.84. The molecule has 0 aromatic carbocycles. The number of rotatable bonds is 4. The van der Waals surface area contributed by atoms with Crippen LogP contribution in [0.2, 0.25) is 0 Å². The first-order chi connectivity index (χ1) is 4.57. The third kappa shape index (κ3) is 3.58. The molecule has 0 heterocycles. The van der Waals surface area contributed by atoms with Gasteiger partial charge in [0.05, 0.1) is 6.04 Å². The minimum atomic E-state index is -0.374. The molecule has 3 heteroatoms. The third-order valence-corrected chi connectivity index (χ3v) is 1.22. The van der Waals surface area contributed by atoms with Gasteiger partial charge in [0.2, 0.25) is 0 Å². The van der Waals surface area contributed by atoms with Gasteiger partial charge in [-0.05, 0) is 6.92 Å². The van der Waals surface area contributed by atoms with Crippen molar-refractivity contribution in [3.05, 3.63) is 0 Å². The number of aliphatic hydroxyl groups excluding tert-OH is 1. The number of hydrogen-bond acceptors (Lipinski definition) is 3. The van der Waals surface area contributed by atoms with Crippen molar-refractivity contribution in [3.8, 4) is 0 Å². The average Bonchev–Trinajstić information content (AvgIpc) is 1.85. The molecule has 0 spiro atoms. The summed E-state index contributed by atoms with van der Waals surface area (Å²) in [6.45, 7) is 5.29. The highest BCUT2D eigenvalue weighted by atomic mass is 16.3. The molecule has 2 N–H and O–H groups in total. The Balaban J connectivity index is 3.61. The monoisotopic (exact) mass is 145 g/mol. The predicted octanol–water partition coefficient (Wildman–Crippen LogP) is -0.0657. The summed E-state index contributed by atoms with van der Waals surface area (Å²) >= 11 is 0. The molecular formula is C7H15NO2. The number of aliphatic hydroxyl groups is 1. The molecule has 0 aliphatic rings. The fourth-order valence-electron chi connectivity index (χ4n) is 0.730. The summed E-state index contributed by atoms with van der Waals surface area (Å²) in [5.74, 6) is -0.159. The van der Waals surface area contributed by atoms with Crippen LogP contribution in [0.4, 0.5) is 0 Å². The highest BCUT2D eigenvalue weighted by Gasteiger charge is 2.10. The van der Waals surface area contributed by atoms with Gasteiger partial charge in [0.25, 0.3) is 0 Å². The van der Waals surface area contributed by atoms with Gasteiger partial charge in [0.1, 0.15) is 6.61 Å². The lowest BCUT2D eigenvalue weighted by Gasteiger charge is -2.13. The van der Waals surface area contributed by atoms with E-state index in [1.165, 1.54) is 0 Å². The number of ketones is 1. The van der Waals surface area contributed by atoms with Gasteiger partial charge in [-0.1, -0.05) is 13.8 Å². The summed E-state index contributed by atoms with van der Waals surface area (Å²) in [4.78, 5) is 10.7. The second kappa shape index (κ2) is 4.41.